The number of aliphatic carboxylic acids is 1. The molecule has 2 aromatic rings. The Morgan fingerprint density at radius 1 is 1.35 bits per heavy atom. The van der Waals surface area contributed by atoms with E-state index < -0.39 is 28.0 Å². The summed E-state index contributed by atoms with van der Waals surface area (Å²) >= 11 is 0. The molecule has 23 heavy (non-hydrogen) atoms. The first-order valence-corrected chi connectivity index (χ1v) is 8.45. The SMILES string of the molecule is CC(C)C(C(=O)O)N(Cc1ccccn1)S(=O)(=O)c1ccoc1. The summed E-state index contributed by atoms with van der Waals surface area (Å²) in [6, 6.07) is 5.15. The van der Waals surface area contributed by atoms with Gasteiger partial charge in [-0.25, -0.2) is 8.42 Å². The normalized spacial score (nSPS) is 13.4. The number of hydrogen-bond acceptors (Lipinski definition) is 5. The highest BCUT2D eigenvalue weighted by atomic mass is 32.2. The van der Waals surface area contributed by atoms with Crippen LogP contribution in [-0.4, -0.2) is 34.8 Å². The predicted molar refractivity (Wildman–Crippen MR) is 81.9 cm³/mol. The third kappa shape index (κ3) is 3.77. The fourth-order valence-corrected chi connectivity index (χ4v) is 3.87. The molecule has 1 atom stereocenters. The van der Waals surface area contributed by atoms with Crippen LogP contribution in [0.15, 0.2) is 52.3 Å². The molecule has 0 aliphatic heterocycles. The molecule has 0 saturated heterocycles. The Morgan fingerprint density at radius 2 is 2.09 bits per heavy atom. The van der Waals surface area contributed by atoms with E-state index in [1.807, 2.05) is 0 Å². The van der Waals surface area contributed by atoms with Crippen molar-refractivity contribution in [2.45, 2.75) is 31.3 Å². The topological polar surface area (TPSA) is 101 Å². The Morgan fingerprint density at radius 3 is 2.57 bits per heavy atom. The largest absolute Gasteiger partial charge is 0.480 e. The molecule has 0 spiro atoms. The molecule has 0 saturated carbocycles. The summed E-state index contributed by atoms with van der Waals surface area (Å²) in [5.74, 6) is -1.62. The third-order valence-electron chi connectivity index (χ3n) is 3.34. The fourth-order valence-electron chi connectivity index (χ4n) is 2.26. The molecular weight excluding hydrogens is 320 g/mol. The molecule has 0 aliphatic rings. The van der Waals surface area contributed by atoms with Crippen molar-refractivity contribution >= 4 is 16.0 Å². The van der Waals surface area contributed by atoms with Gasteiger partial charge in [-0.3, -0.25) is 9.78 Å². The second-order valence-corrected chi connectivity index (χ2v) is 7.25. The van der Waals surface area contributed by atoms with Crippen molar-refractivity contribution in [3.8, 4) is 0 Å². The molecule has 0 amide bonds. The molecule has 0 aliphatic carbocycles. The van der Waals surface area contributed by atoms with Gasteiger partial charge < -0.3 is 9.52 Å². The Balaban J connectivity index is 2.49. The molecule has 0 bridgehead atoms. The van der Waals surface area contributed by atoms with Crippen LogP contribution in [-0.2, 0) is 21.4 Å². The van der Waals surface area contributed by atoms with Crippen molar-refractivity contribution in [3.05, 3.63) is 48.7 Å². The minimum Gasteiger partial charge on any atom is -0.480 e. The summed E-state index contributed by atoms with van der Waals surface area (Å²) in [4.78, 5) is 15.6. The first-order chi connectivity index (χ1) is 10.8. The number of aromatic nitrogens is 1. The van der Waals surface area contributed by atoms with E-state index >= 15 is 0 Å². The summed E-state index contributed by atoms with van der Waals surface area (Å²) in [5, 5.41) is 9.50. The average molecular weight is 338 g/mol. The van der Waals surface area contributed by atoms with Gasteiger partial charge in [0, 0.05) is 6.20 Å². The van der Waals surface area contributed by atoms with Gasteiger partial charge in [-0.15, -0.1) is 0 Å². The zero-order valence-corrected chi connectivity index (χ0v) is 13.6. The molecule has 0 fully saturated rings. The van der Waals surface area contributed by atoms with Crippen LogP contribution in [0, 0.1) is 5.92 Å². The fraction of sp³-hybridized carbons (Fsp3) is 0.333. The number of carboxylic acid groups (broad SMARTS) is 1. The molecule has 1 unspecified atom stereocenters. The number of carboxylic acids is 1. The highest BCUT2D eigenvalue weighted by molar-refractivity contribution is 7.89. The molecule has 8 heteroatoms. The van der Waals surface area contributed by atoms with E-state index in [1.165, 1.54) is 18.5 Å². The molecule has 2 aromatic heterocycles. The summed E-state index contributed by atoms with van der Waals surface area (Å²) in [6.07, 6.45) is 3.85. The van der Waals surface area contributed by atoms with E-state index in [1.54, 1.807) is 32.0 Å². The molecular formula is C15H18N2O5S. The second-order valence-electron chi connectivity index (χ2n) is 5.36. The maximum absolute atomic E-state index is 12.8. The zero-order valence-electron chi connectivity index (χ0n) is 12.8. The lowest BCUT2D eigenvalue weighted by Crippen LogP contribution is -2.47. The quantitative estimate of drug-likeness (QED) is 0.828. The van der Waals surface area contributed by atoms with Crippen LogP contribution < -0.4 is 0 Å². The molecule has 124 valence electrons. The maximum atomic E-state index is 12.8. The van der Waals surface area contributed by atoms with Gasteiger partial charge in [-0.1, -0.05) is 19.9 Å². The van der Waals surface area contributed by atoms with Gasteiger partial charge in [0.2, 0.25) is 10.0 Å². The van der Waals surface area contributed by atoms with Gasteiger partial charge in [-0.05, 0) is 24.1 Å². The maximum Gasteiger partial charge on any atom is 0.322 e. The number of pyridine rings is 1. The number of sulfonamides is 1. The van der Waals surface area contributed by atoms with Gasteiger partial charge in [0.25, 0.3) is 0 Å². The van der Waals surface area contributed by atoms with E-state index in [-0.39, 0.29) is 11.4 Å². The molecule has 0 aromatic carbocycles. The van der Waals surface area contributed by atoms with Gasteiger partial charge in [0.05, 0.1) is 18.5 Å². The highest BCUT2D eigenvalue weighted by Crippen LogP contribution is 2.24. The number of rotatable bonds is 7. The van der Waals surface area contributed by atoms with Crippen LogP contribution in [0.1, 0.15) is 19.5 Å². The van der Waals surface area contributed by atoms with Crippen molar-refractivity contribution in [1.82, 2.24) is 9.29 Å². The van der Waals surface area contributed by atoms with E-state index in [2.05, 4.69) is 4.98 Å². The van der Waals surface area contributed by atoms with Crippen LogP contribution >= 0.6 is 0 Å². The molecule has 2 heterocycles. The summed E-state index contributed by atoms with van der Waals surface area (Å²) < 4.78 is 31.4. The lowest BCUT2D eigenvalue weighted by Gasteiger charge is -2.29. The minimum atomic E-state index is -4.03. The number of carbonyl (C=O) groups is 1. The zero-order chi connectivity index (χ0) is 17.0. The van der Waals surface area contributed by atoms with Crippen molar-refractivity contribution in [2.24, 2.45) is 5.92 Å². The Labute approximate surface area is 134 Å². The molecule has 2 rings (SSSR count). The van der Waals surface area contributed by atoms with Crippen LogP contribution in [0.5, 0.6) is 0 Å². The van der Waals surface area contributed by atoms with Gasteiger partial charge in [0.1, 0.15) is 17.2 Å². The lowest BCUT2D eigenvalue weighted by molar-refractivity contribution is -0.143. The molecule has 7 nitrogen and oxygen atoms in total. The van der Waals surface area contributed by atoms with Crippen LogP contribution in [0.3, 0.4) is 0 Å². The molecule has 0 radical (unpaired) electrons. The van der Waals surface area contributed by atoms with Crippen LogP contribution in [0.2, 0.25) is 0 Å². The summed E-state index contributed by atoms with van der Waals surface area (Å²) in [7, 11) is -4.03. The monoisotopic (exact) mass is 338 g/mol. The summed E-state index contributed by atoms with van der Waals surface area (Å²) in [5.41, 5.74) is 0.464. The van der Waals surface area contributed by atoms with Crippen molar-refractivity contribution in [1.29, 1.82) is 0 Å². The highest BCUT2D eigenvalue weighted by Gasteiger charge is 2.38. The lowest BCUT2D eigenvalue weighted by atomic mass is 10.0. The standard InChI is InChI=1S/C15H18N2O5S/c1-11(2)14(15(18)19)17(9-12-5-3-4-7-16-12)23(20,21)13-6-8-22-10-13/h3-8,10-11,14H,9H2,1-2H3,(H,18,19). The minimum absolute atomic E-state index is 0.0830. The van der Waals surface area contributed by atoms with E-state index in [9.17, 15) is 18.3 Å². The van der Waals surface area contributed by atoms with Crippen molar-refractivity contribution < 1.29 is 22.7 Å². The van der Waals surface area contributed by atoms with Crippen molar-refractivity contribution in [2.75, 3.05) is 0 Å². The van der Waals surface area contributed by atoms with Crippen molar-refractivity contribution in [3.63, 3.8) is 0 Å². The van der Waals surface area contributed by atoms with E-state index in [4.69, 9.17) is 4.42 Å². The second kappa shape index (κ2) is 6.93. The van der Waals surface area contributed by atoms with E-state index in [0.29, 0.717) is 5.69 Å². The first-order valence-electron chi connectivity index (χ1n) is 7.01. The number of nitrogens with zero attached hydrogens (tertiary/aromatic N) is 2. The number of furan rings is 1. The Kier molecular flexibility index (Phi) is 5.17. The summed E-state index contributed by atoms with van der Waals surface area (Å²) in [6.45, 7) is 3.19. The number of hydrogen-bond donors (Lipinski definition) is 1. The predicted octanol–water partition coefficient (Wildman–Crippen LogP) is 1.97. The van der Waals surface area contributed by atoms with Gasteiger partial charge in [-0.2, -0.15) is 4.31 Å². The third-order valence-corrected chi connectivity index (χ3v) is 5.14. The molecule has 1 N–H and O–H groups in total. The van der Waals surface area contributed by atoms with Gasteiger partial charge in [0.15, 0.2) is 0 Å². The van der Waals surface area contributed by atoms with Crippen LogP contribution in [0.4, 0.5) is 0 Å². The van der Waals surface area contributed by atoms with Gasteiger partial charge >= 0.3 is 5.97 Å². The van der Waals surface area contributed by atoms with Crippen LogP contribution in [0.25, 0.3) is 0 Å². The Hall–Kier alpha value is -2.19. The Bertz CT molecular complexity index is 741. The van der Waals surface area contributed by atoms with E-state index in [0.717, 1.165) is 10.6 Å². The average Bonchev–Trinajstić information content (AvgIpc) is 3.01. The first kappa shape index (κ1) is 17.2. The smallest absolute Gasteiger partial charge is 0.322 e.